The first-order chi connectivity index (χ1) is 9.20. The van der Waals surface area contributed by atoms with Gasteiger partial charge in [0, 0.05) is 29.6 Å². The van der Waals surface area contributed by atoms with Gasteiger partial charge < -0.3 is 10.2 Å². The monoisotopic (exact) mass is 254 g/mol. The molecule has 2 rings (SSSR count). The van der Waals surface area contributed by atoms with Gasteiger partial charge >= 0.3 is 0 Å². The Morgan fingerprint density at radius 1 is 0.895 bits per heavy atom. The Kier molecular flexibility index (Phi) is 4.45. The van der Waals surface area contributed by atoms with Crippen LogP contribution in [-0.4, -0.2) is 12.6 Å². The summed E-state index contributed by atoms with van der Waals surface area (Å²) in [5, 5.41) is 3.40. The van der Waals surface area contributed by atoms with Gasteiger partial charge in [0.15, 0.2) is 0 Å². The van der Waals surface area contributed by atoms with Crippen molar-refractivity contribution in [2.24, 2.45) is 0 Å². The molecule has 0 aromatic heterocycles. The van der Waals surface area contributed by atoms with Crippen molar-refractivity contribution in [3.05, 3.63) is 54.6 Å². The van der Waals surface area contributed by atoms with E-state index in [4.69, 9.17) is 0 Å². The highest BCUT2D eigenvalue weighted by molar-refractivity contribution is 5.62. The average molecular weight is 254 g/mol. The number of hydrogen-bond donors (Lipinski definition) is 1. The van der Waals surface area contributed by atoms with E-state index in [1.54, 1.807) is 0 Å². The summed E-state index contributed by atoms with van der Waals surface area (Å²) in [4.78, 5) is 2.38. The fourth-order valence-electron chi connectivity index (χ4n) is 2.27. The molecule has 19 heavy (non-hydrogen) atoms. The predicted octanol–water partition coefficient (Wildman–Crippen LogP) is 4.66. The van der Waals surface area contributed by atoms with Gasteiger partial charge in [-0.3, -0.25) is 0 Å². The Hall–Kier alpha value is -1.96. The van der Waals surface area contributed by atoms with Crippen LogP contribution in [0.4, 0.5) is 17.1 Å². The summed E-state index contributed by atoms with van der Waals surface area (Å²) in [7, 11) is 0. The van der Waals surface area contributed by atoms with E-state index in [2.05, 4.69) is 67.4 Å². The van der Waals surface area contributed by atoms with Crippen molar-refractivity contribution in [3.8, 4) is 0 Å². The normalized spacial score (nSPS) is 10.5. The summed E-state index contributed by atoms with van der Waals surface area (Å²) < 4.78 is 0. The van der Waals surface area contributed by atoms with Crippen LogP contribution in [0.5, 0.6) is 0 Å². The number of nitrogens with zero attached hydrogens (tertiary/aromatic N) is 1. The Morgan fingerprint density at radius 2 is 1.47 bits per heavy atom. The summed E-state index contributed by atoms with van der Waals surface area (Å²) in [5.41, 5.74) is 3.51. The van der Waals surface area contributed by atoms with Crippen LogP contribution in [0.1, 0.15) is 20.8 Å². The first-order valence-corrected chi connectivity index (χ1v) is 6.89. The van der Waals surface area contributed by atoms with Crippen LogP contribution in [0.15, 0.2) is 54.6 Å². The molecule has 2 heteroatoms. The van der Waals surface area contributed by atoms with Crippen molar-refractivity contribution in [1.29, 1.82) is 0 Å². The van der Waals surface area contributed by atoms with Crippen LogP contribution in [0.25, 0.3) is 0 Å². The van der Waals surface area contributed by atoms with Crippen molar-refractivity contribution in [1.82, 2.24) is 0 Å². The van der Waals surface area contributed by atoms with Crippen molar-refractivity contribution >= 4 is 17.1 Å². The molecule has 0 amide bonds. The fraction of sp³-hybridized carbons (Fsp3) is 0.294. The first kappa shape index (κ1) is 13.5. The number of benzene rings is 2. The number of hydrogen-bond acceptors (Lipinski definition) is 2. The molecule has 0 bridgehead atoms. The van der Waals surface area contributed by atoms with Gasteiger partial charge in [-0.25, -0.2) is 0 Å². The molecule has 0 heterocycles. The van der Waals surface area contributed by atoms with Crippen LogP contribution < -0.4 is 10.2 Å². The number of para-hydroxylation sites is 1. The maximum Gasteiger partial charge on any atom is 0.0385 e. The average Bonchev–Trinajstić information content (AvgIpc) is 2.42. The molecule has 0 unspecified atom stereocenters. The molecule has 2 nitrogen and oxygen atoms in total. The minimum Gasteiger partial charge on any atom is -0.369 e. The highest BCUT2D eigenvalue weighted by atomic mass is 15.1. The second-order valence-electron chi connectivity index (χ2n) is 4.92. The zero-order chi connectivity index (χ0) is 13.7. The van der Waals surface area contributed by atoms with E-state index >= 15 is 0 Å². The van der Waals surface area contributed by atoms with E-state index < -0.39 is 0 Å². The third-order valence-electron chi connectivity index (χ3n) is 3.23. The highest BCUT2D eigenvalue weighted by Gasteiger charge is 2.07. The standard InChI is InChI=1S/C17H22N2/c1-4-19(14(2)3)17-12-10-16(11-13-17)18-15-8-6-5-7-9-15/h5-14,18H,4H2,1-3H3. The van der Waals surface area contributed by atoms with Crippen molar-refractivity contribution in [2.45, 2.75) is 26.8 Å². The summed E-state index contributed by atoms with van der Waals surface area (Å²) in [6, 6.07) is 19.4. The lowest BCUT2D eigenvalue weighted by Crippen LogP contribution is -2.30. The summed E-state index contributed by atoms with van der Waals surface area (Å²) in [6.45, 7) is 7.67. The van der Waals surface area contributed by atoms with Gasteiger partial charge in [-0.05, 0) is 57.2 Å². The Morgan fingerprint density at radius 3 is 2.00 bits per heavy atom. The van der Waals surface area contributed by atoms with E-state index in [1.165, 1.54) is 5.69 Å². The van der Waals surface area contributed by atoms with Gasteiger partial charge in [0.25, 0.3) is 0 Å². The Labute approximate surface area is 116 Å². The molecule has 0 radical (unpaired) electrons. The van der Waals surface area contributed by atoms with Gasteiger partial charge in [0.1, 0.15) is 0 Å². The van der Waals surface area contributed by atoms with Crippen LogP contribution in [0.2, 0.25) is 0 Å². The van der Waals surface area contributed by atoms with Gasteiger partial charge in [-0.2, -0.15) is 0 Å². The molecule has 0 saturated heterocycles. The smallest absolute Gasteiger partial charge is 0.0385 e. The zero-order valence-electron chi connectivity index (χ0n) is 11.9. The van der Waals surface area contributed by atoms with Gasteiger partial charge in [0.2, 0.25) is 0 Å². The van der Waals surface area contributed by atoms with Gasteiger partial charge in [-0.1, -0.05) is 18.2 Å². The van der Waals surface area contributed by atoms with Crippen LogP contribution in [-0.2, 0) is 0 Å². The number of rotatable bonds is 5. The third kappa shape index (κ3) is 3.50. The molecule has 0 spiro atoms. The topological polar surface area (TPSA) is 15.3 Å². The lowest BCUT2D eigenvalue weighted by molar-refractivity contribution is 0.704. The van der Waals surface area contributed by atoms with Crippen molar-refractivity contribution in [2.75, 3.05) is 16.8 Å². The van der Waals surface area contributed by atoms with Gasteiger partial charge in [0.05, 0.1) is 0 Å². The molecule has 100 valence electrons. The van der Waals surface area contributed by atoms with Crippen LogP contribution >= 0.6 is 0 Å². The number of anilines is 3. The van der Waals surface area contributed by atoms with Crippen LogP contribution in [0.3, 0.4) is 0 Å². The quantitative estimate of drug-likeness (QED) is 0.834. The van der Waals surface area contributed by atoms with Crippen molar-refractivity contribution < 1.29 is 0 Å². The maximum atomic E-state index is 3.40. The lowest BCUT2D eigenvalue weighted by Gasteiger charge is -2.27. The van der Waals surface area contributed by atoms with Crippen LogP contribution in [0, 0.1) is 0 Å². The molecular formula is C17H22N2. The minimum absolute atomic E-state index is 0.526. The van der Waals surface area contributed by atoms with E-state index in [0.29, 0.717) is 6.04 Å². The Bertz CT molecular complexity index is 488. The second-order valence-corrected chi connectivity index (χ2v) is 4.92. The van der Waals surface area contributed by atoms with Gasteiger partial charge in [-0.15, -0.1) is 0 Å². The summed E-state index contributed by atoms with van der Waals surface area (Å²) in [5.74, 6) is 0. The first-order valence-electron chi connectivity index (χ1n) is 6.89. The largest absolute Gasteiger partial charge is 0.369 e. The zero-order valence-corrected chi connectivity index (χ0v) is 11.9. The summed E-state index contributed by atoms with van der Waals surface area (Å²) >= 11 is 0. The molecule has 0 aliphatic rings. The Balaban J connectivity index is 2.10. The molecule has 0 aliphatic carbocycles. The molecule has 1 N–H and O–H groups in total. The molecule has 0 atom stereocenters. The third-order valence-corrected chi connectivity index (χ3v) is 3.23. The van der Waals surface area contributed by atoms with E-state index in [0.717, 1.165) is 17.9 Å². The molecular weight excluding hydrogens is 232 g/mol. The van der Waals surface area contributed by atoms with E-state index in [9.17, 15) is 0 Å². The maximum absolute atomic E-state index is 3.40. The molecule has 0 fully saturated rings. The van der Waals surface area contributed by atoms with E-state index in [1.807, 2.05) is 18.2 Å². The van der Waals surface area contributed by atoms with Crippen molar-refractivity contribution in [3.63, 3.8) is 0 Å². The molecule has 0 aliphatic heterocycles. The molecule has 0 saturated carbocycles. The minimum atomic E-state index is 0.526. The van der Waals surface area contributed by atoms with E-state index in [-0.39, 0.29) is 0 Å². The number of nitrogens with one attached hydrogen (secondary N) is 1. The fourth-order valence-corrected chi connectivity index (χ4v) is 2.27. The summed E-state index contributed by atoms with van der Waals surface area (Å²) in [6.07, 6.45) is 0. The highest BCUT2D eigenvalue weighted by Crippen LogP contribution is 2.22. The predicted molar refractivity (Wildman–Crippen MR) is 84.3 cm³/mol. The SMILES string of the molecule is CCN(c1ccc(Nc2ccccc2)cc1)C(C)C. The molecule has 2 aromatic rings. The molecule has 2 aromatic carbocycles. The lowest BCUT2D eigenvalue weighted by atomic mass is 10.2. The second kappa shape index (κ2) is 6.28.